The van der Waals surface area contributed by atoms with Crippen LogP contribution in [-0.2, 0) is 21.7 Å². The van der Waals surface area contributed by atoms with Crippen LogP contribution in [0.15, 0.2) is 36.4 Å². The zero-order valence-corrected chi connectivity index (χ0v) is 28.8. The van der Waals surface area contributed by atoms with Gasteiger partial charge in [0, 0.05) is 0 Å². The van der Waals surface area contributed by atoms with Crippen molar-refractivity contribution < 1.29 is 14.7 Å². The maximum absolute atomic E-state index is 9.36. The van der Waals surface area contributed by atoms with Crippen LogP contribution < -0.4 is 0 Å². The molecule has 0 bridgehead atoms. The summed E-state index contributed by atoms with van der Waals surface area (Å²) in [7, 11) is -3.93. The second kappa shape index (κ2) is 12.9. The fourth-order valence-corrected chi connectivity index (χ4v) is 6.90. The molecule has 228 valence electrons. The van der Waals surface area contributed by atoms with Crippen molar-refractivity contribution in [1.82, 2.24) is 0 Å². The van der Waals surface area contributed by atoms with Crippen molar-refractivity contribution in [3.63, 3.8) is 0 Å². The minimum atomic E-state index is -3.93. The Balaban J connectivity index is 2.75. The minimum absolute atomic E-state index is 0.0166. The molecule has 0 saturated heterocycles. The van der Waals surface area contributed by atoms with Crippen LogP contribution in [0.1, 0.15) is 161 Å². The zero-order chi connectivity index (χ0) is 30.7. The Kier molecular flexibility index (Phi) is 11.3. The second-order valence-corrected chi connectivity index (χ2v) is 18.2. The summed E-state index contributed by atoms with van der Waals surface area (Å²) in [6.07, 6.45) is 6.03. The summed E-state index contributed by atoms with van der Waals surface area (Å²) < 4.78 is 0. The molecule has 0 aliphatic carbocycles. The molecule has 2 aromatic carbocycles. The fraction of sp³-hybridized carbons (Fsp3) is 0.667. The third kappa shape index (κ3) is 9.65. The Hall–Kier alpha value is -1.25. The number of hydrogen-bond acceptors (Lipinski definition) is 3. The third-order valence-electron chi connectivity index (χ3n) is 8.15. The molecule has 3 N–H and O–H groups in total. The average Bonchev–Trinajstić information content (AvgIpc) is 2.77. The van der Waals surface area contributed by atoms with Gasteiger partial charge in [0.2, 0.25) is 0 Å². The van der Waals surface area contributed by atoms with Gasteiger partial charge >= 0.3 is 248 Å². The third-order valence-corrected chi connectivity index (χ3v) is 9.17. The van der Waals surface area contributed by atoms with Crippen LogP contribution in [0.2, 0.25) is 0 Å². The first-order valence-electron chi connectivity index (χ1n) is 15.5. The van der Waals surface area contributed by atoms with Crippen LogP contribution >= 0.6 is 7.94 Å². The van der Waals surface area contributed by atoms with E-state index < -0.39 is 7.94 Å². The van der Waals surface area contributed by atoms with Crippen molar-refractivity contribution in [3.05, 3.63) is 69.8 Å². The summed E-state index contributed by atoms with van der Waals surface area (Å²) in [6, 6.07) is 14.0. The monoisotopic (exact) mass is 572 g/mol. The second-order valence-electron chi connectivity index (χ2n) is 16.2. The molecule has 40 heavy (non-hydrogen) atoms. The molecule has 0 heterocycles. The average molecular weight is 573 g/mol. The number of benzene rings is 2. The Morgan fingerprint density at radius 3 is 1.10 bits per heavy atom. The van der Waals surface area contributed by atoms with E-state index in [1.165, 1.54) is 33.4 Å². The molecule has 2 aromatic rings. The van der Waals surface area contributed by atoms with Gasteiger partial charge in [0.15, 0.2) is 0 Å². The standard InChI is InChI=1S/C36H61O3P/c1-33(2,3)27-21-18-22-28(34(4,5)6)31(27)26(20-16-14-13-15-17-25-40(37,38)39)32-29(35(7,8)9)23-19-24-30(32)36(10,11)12/h18-19,21-24,26,37-40H,13-17,20,25H2,1-12H3. The van der Waals surface area contributed by atoms with Crippen LogP contribution in [0, 0.1) is 0 Å². The van der Waals surface area contributed by atoms with Crippen LogP contribution in [-0.4, -0.2) is 20.8 Å². The van der Waals surface area contributed by atoms with E-state index in [0.717, 1.165) is 32.1 Å². The maximum atomic E-state index is 9.36. The molecule has 0 fully saturated rings. The van der Waals surface area contributed by atoms with Gasteiger partial charge in [0.05, 0.1) is 0 Å². The van der Waals surface area contributed by atoms with Crippen LogP contribution in [0.3, 0.4) is 0 Å². The van der Waals surface area contributed by atoms with E-state index in [4.69, 9.17) is 0 Å². The van der Waals surface area contributed by atoms with Crippen LogP contribution in [0.4, 0.5) is 0 Å². The molecule has 0 aliphatic rings. The first-order valence-corrected chi connectivity index (χ1v) is 17.5. The van der Waals surface area contributed by atoms with Gasteiger partial charge in [-0.25, -0.2) is 0 Å². The van der Waals surface area contributed by atoms with Crippen molar-refractivity contribution in [2.75, 3.05) is 6.16 Å². The molecule has 0 atom stereocenters. The first-order chi connectivity index (χ1) is 18.0. The molecule has 2 rings (SSSR count). The van der Waals surface area contributed by atoms with Gasteiger partial charge in [-0.1, -0.05) is 0 Å². The van der Waals surface area contributed by atoms with E-state index in [-0.39, 0.29) is 33.7 Å². The number of hydrogen-bond donors (Lipinski definition) is 3. The Labute approximate surface area is 247 Å². The predicted molar refractivity (Wildman–Crippen MR) is 177 cm³/mol. The summed E-state index contributed by atoms with van der Waals surface area (Å²) in [5.41, 5.74) is 8.89. The van der Waals surface area contributed by atoms with Gasteiger partial charge < -0.3 is 0 Å². The predicted octanol–water partition coefficient (Wildman–Crippen LogP) is 9.82. The van der Waals surface area contributed by atoms with E-state index in [2.05, 4.69) is 119 Å². The molecule has 0 radical (unpaired) electrons. The van der Waals surface area contributed by atoms with Crippen molar-refractivity contribution in [2.24, 2.45) is 0 Å². The normalized spacial score (nSPS) is 14.2. The van der Waals surface area contributed by atoms with E-state index >= 15 is 0 Å². The van der Waals surface area contributed by atoms with Gasteiger partial charge in [-0.3, -0.25) is 0 Å². The molecule has 0 aromatic heterocycles. The summed E-state index contributed by atoms with van der Waals surface area (Å²) in [5.74, 6) is 0.279. The quantitative estimate of drug-likeness (QED) is 0.196. The topological polar surface area (TPSA) is 60.7 Å². The summed E-state index contributed by atoms with van der Waals surface area (Å²) in [6.45, 7) is 28.2. The molecule has 0 aliphatic heterocycles. The van der Waals surface area contributed by atoms with Crippen molar-refractivity contribution in [3.8, 4) is 0 Å². The molecular weight excluding hydrogens is 511 g/mol. The Morgan fingerprint density at radius 2 is 0.800 bits per heavy atom. The van der Waals surface area contributed by atoms with Crippen molar-refractivity contribution in [2.45, 2.75) is 149 Å². The van der Waals surface area contributed by atoms with Gasteiger partial charge in [-0.15, -0.1) is 0 Å². The molecule has 0 spiro atoms. The molecule has 0 saturated carbocycles. The first kappa shape index (κ1) is 34.9. The Morgan fingerprint density at radius 1 is 0.500 bits per heavy atom. The Bertz CT molecular complexity index is 959. The summed E-state index contributed by atoms with van der Waals surface area (Å²) in [4.78, 5) is 28.1. The SMILES string of the molecule is CC(C)(C)c1cccc(C(C)(C)C)c1C(CCCCCCC[PH](O)(O)O)c1c(C(C)(C)C)cccc1C(C)(C)C. The van der Waals surface area contributed by atoms with Crippen LogP contribution in [0.25, 0.3) is 0 Å². The fourth-order valence-electron chi connectivity index (χ4n) is 6.17. The summed E-state index contributed by atoms with van der Waals surface area (Å²) in [5, 5.41) is 0. The molecular formula is C36H61O3P. The summed E-state index contributed by atoms with van der Waals surface area (Å²) >= 11 is 0. The molecule has 0 unspecified atom stereocenters. The molecule has 4 heteroatoms. The van der Waals surface area contributed by atoms with Gasteiger partial charge in [0.1, 0.15) is 0 Å². The van der Waals surface area contributed by atoms with E-state index in [1.807, 2.05) is 0 Å². The number of unbranched alkanes of at least 4 members (excludes halogenated alkanes) is 4. The van der Waals surface area contributed by atoms with Crippen molar-refractivity contribution in [1.29, 1.82) is 0 Å². The van der Waals surface area contributed by atoms with Gasteiger partial charge in [-0.05, 0) is 0 Å². The van der Waals surface area contributed by atoms with Crippen LogP contribution in [0.5, 0.6) is 0 Å². The van der Waals surface area contributed by atoms with E-state index in [0.29, 0.717) is 6.42 Å². The number of rotatable bonds is 10. The van der Waals surface area contributed by atoms with Gasteiger partial charge in [0.25, 0.3) is 0 Å². The van der Waals surface area contributed by atoms with E-state index in [1.54, 1.807) is 0 Å². The van der Waals surface area contributed by atoms with E-state index in [9.17, 15) is 14.7 Å². The molecule has 3 nitrogen and oxygen atoms in total. The zero-order valence-electron chi connectivity index (χ0n) is 27.8. The van der Waals surface area contributed by atoms with Gasteiger partial charge in [-0.2, -0.15) is 0 Å². The molecule has 0 amide bonds. The van der Waals surface area contributed by atoms with Crippen molar-refractivity contribution >= 4 is 7.94 Å².